The van der Waals surface area contributed by atoms with E-state index in [9.17, 15) is 18.4 Å². The van der Waals surface area contributed by atoms with Crippen molar-refractivity contribution >= 4 is 22.7 Å². The van der Waals surface area contributed by atoms with E-state index in [-0.39, 0.29) is 17.9 Å². The van der Waals surface area contributed by atoms with Gasteiger partial charge in [-0.1, -0.05) is 18.2 Å². The summed E-state index contributed by atoms with van der Waals surface area (Å²) < 4.78 is 42.1. The molecule has 0 radical (unpaired) electrons. The topological polar surface area (TPSA) is 65.7 Å². The van der Waals surface area contributed by atoms with Crippen molar-refractivity contribution < 1.29 is 32.3 Å². The molecule has 7 heteroatoms. The monoisotopic (exact) mass is 374 g/mol. The number of furan rings is 1. The number of ether oxygens (including phenoxy) is 2. The molecule has 0 aliphatic carbocycles. The van der Waals surface area contributed by atoms with E-state index in [1.54, 1.807) is 24.3 Å². The Morgan fingerprint density at radius 3 is 2.59 bits per heavy atom. The molecule has 2 aromatic carbocycles. The largest absolute Gasteiger partial charge is 0.451 e. The molecule has 3 rings (SSSR count). The molecule has 0 N–H and O–H groups in total. The van der Waals surface area contributed by atoms with Gasteiger partial charge in [0.1, 0.15) is 5.58 Å². The van der Waals surface area contributed by atoms with E-state index in [0.717, 1.165) is 18.2 Å². The van der Waals surface area contributed by atoms with Crippen LogP contribution < -0.4 is 0 Å². The minimum absolute atomic E-state index is 0.0530. The maximum atomic E-state index is 13.2. The van der Waals surface area contributed by atoms with E-state index in [0.29, 0.717) is 23.1 Å². The van der Waals surface area contributed by atoms with Crippen LogP contribution in [0.1, 0.15) is 33.4 Å². The summed E-state index contributed by atoms with van der Waals surface area (Å²) in [6, 6.07) is 9.77. The minimum atomic E-state index is -1.15. The summed E-state index contributed by atoms with van der Waals surface area (Å²) in [5.74, 6) is -3.76. The molecule has 0 fully saturated rings. The first-order valence-corrected chi connectivity index (χ1v) is 8.24. The predicted molar refractivity (Wildman–Crippen MR) is 92.5 cm³/mol. The van der Waals surface area contributed by atoms with Crippen molar-refractivity contribution in [1.82, 2.24) is 0 Å². The summed E-state index contributed by atoms with van der Waals surface area (Å²) in [6.45, 7) is 1.79. The van der Waals surface area contributed by atoms with Crippen LogP contribution in [0, 0.1) is 11.6 Å². The Morgan fingerprint density at radius 1 is 1.07 bits per heavy atom. The van der Waals surface area contributed by atoms with Gasteiger partial charge in [0.15, 0.2) is 24.0 Å². The summed E-state index contributed by atoms with van der Waals surface area (Å²) in [5.41, 5.74) is 0.921. The molecule has 3 aromatic rings. The number of para-hydroxylation sites is 1. The standard InChI is InChI=1S/C20H16F2O5/c1-2-25-10-14-13-5-3-4-6-18(13)27-19(14)20(24)26-11-17(23)12-7-8-15(21)16(22)9-12/h3-9H,2,10-11H2,1H3. The number of fused-ring (bicyclic) bond motifs is 1. The molecule has 0 saturated carbocycles. The minimum Gasteiger partial charge on any atom is -0.451 e. The summed E-state index contributed by atoms with van der Waals surface area (Å²) in [6.07, 6.45) is 0. The molecule has 0 spiro atoms. The third-order valence-electron chi connectivity index (χ3n) is 3.91. The van der Waals surface area contributed by atoms with Crippen molar-refractivity contribution in [2.24, 2.45) is 0 Å². The third-order valence-corrected chi connectivity index (χ3v) is 3.91. The van der Waals surface area contributed by atoms with Crippen molar-refractivity contribution in [2.75, 3.05) is 13.2 Å². The van der Waals surface area contributed by atoms with Crippen LogP contribution in [0.2, 0.25) is 0 Å². The zero-order valence-corrected chi connectivity index (χ0v) is 14.5. The average Bonchev–Trinajstić information content (AvgIpc) is 3.05. The number of rotatable bonds is 7. The molecule has 0 saturated heterocycles. The highest BCUT2D eigenvalue weighted by Gasteiger charge is 2.23. The van der Waals surface area contributed by atoms with Gasteiger partial charge in [-0.05, 0) is 31.2 Å². The second-order valence-electron chi connectivity index (χ2n) is 5.67. The zero-order valence-electron chi connectivity index (χ0n) is 14.5. The highest BCUT2D eigenvalue weighted by atomic mass is 19.2. The third kappa shape index (κ3) is 4.03. The van der Waals surface area contributed by atoms with Crippen molar-refractivity contribution in [2.45, 2.75) is 13.5 Å². The molecule has 0 bridgehead atoms. The predicted octanol–water partition coefficient (Wildman–Crippen LogP) is 4.29. The number of ketones is 1. The first kappa shape index (κ1) is 18.7. The van der Waals surface area contributed by atoms with Crippen molar-refractivity contribution in [1.29, 1.82) is 0 Å². The van der Waals surface area contributed by atoms with Gasteiger partial charge in [0.05, 0.1) is 6.61 Å². The number of esters is 1. The smallest absolute Gasteiger partial charge is 0.375 e. The first-order chi connectivity index (χ1) is 13.0. The van der Waals surface area contributed by atoms with E-state index < -0.39 is 30.0 Å². The van der Waals surface area contributed by atoms with Crippen LogP contribution in [0.5, 0.6) is 0 Å². The van der Waals surface area contributed by atoms with Crippen LogP contribution in [-0.2, 0) is 16.1 Å². The molecule has 1 aromatic heterocycles. The molecule has 5 nitrogen and oxygen atoms in total. The average molecular weight is 374 g/mol. The van der Waals surface area contributed by atoms with E-state index in [4.69, 9.17) is 13.9 Å². The van der Waals surface area contributed by atoms with Crippen LogP contribution in [0.3, 0.4) is 0 Å². The second kappa shape index (κ2) is 8.09. The van der Waals surface area contributed by atoms with E-state index in [1.165, 1.54) is 0 Å². The van der Waals surface area contributed by atoms with Crippen molar-refractivity contribution in [3.63, 3.8) is 0 Å². The molecule has 0 aliphatic heterocycles. The maximum absolute atomic E-state index is 13.2. The lowest BCUT2D eigenvalue weighted by Crippen LogP contribution is -2.15. The van der Waals surface area contributed by atoms with E-state index in [2.05, 4.69) is 0 Å². The summed E-state index contributed by atoms with van der Waals surface area (Å²) in [5, 5.41) is 0.713. The van der Waals surface area contributed by atoms with Gasteiger partial charge in [-0.2, -0.15) is 0 Å². The quantitative estimate of drug-likeness (QED) is 0.456. The first-order valence-electron chi connectivity index (χ1n) is 8.24. The Morgan fingerprint density at radius 2 is 1.85 bits per heavy atom. The van der Waals surface area contributed by atoms with Gasteiger partial charge >= 0.3 is 5.97 Å². The Hall–Kier alpha value is -3.06. The molecular weight excluding hydrogens is 358 g/mol. The summed E-state index contributed by atoms with van der Waals surface area (Å²) >= 11 is 0. The van der Waals surface area contributed by atoms with Gasteiger partial charge in [0.2, 0.25) is 5.76 Å². The van der Waals surface area contributed by atoms with Crippen LogP contribution >= 0.6 is 0 Å². The molecule has 140 valence electrons. The summed E-state index contributed by atoms with van der Waals surface area (Å²) in [4.78, 5) is 24.4. The molecular formula is C20H16F2O5. The number of benzene rings is 2. The van der Waals surface area contributed by atoms with Crippen LogP contribution in [0.4, 0.5) is 8.78 Å². The molecule has 0 unspecified atom stereocenters. The van der Waals surface area contributed by atoms with E-state index >= 15 is 0 Å². The lowest BCUT2D eigenvalue weighted by molar-refractivity contribution is 0.0439. The second-order valence-corrected chi connectivity index (χ2v) is 5.67. The highest BCUT2D eigenvalue weighted by Crippen LogP contribution is 2.27. The fourth-order valence-electron chi connectivity index (χ4n) is 2.56. The Labute approximate surface area is 153 Å². The summed E-state index contributed by atoms with van der Waals surface area (Å²) in [7, 11) is 0. The normalized spacial score (nSPS) is 10.9. The number of Topliss-reactive ketones (excluding diaryl/α,β-unsaturated/α-hetero) is 1. The fourth-order valence-corrected chi connectivity index (χ4v) is 2.56. The van der Waals surface area contributed by atoms with Gasteiger partial charge in [-0.3, -0.25) is 4.79 Å². The van der Waals surface area contributed by atoms with Gasteiger partial charge in [-0.15, -0.1) is 0 Å². The van der Waals surface area contributed by atoms with Crippen LogP contribution in [-0.4, -0.2) is 25.0 Å². The maximum Gasteiger partial charge on any atom is 0.375 e. The van der Waals surface area contributed by atoms with Gasteiger partial charge in [0.25, 0.3) is 0 Å². The molecule has 0 amide bonds. The van der Waals surface area contributed by atoms with Crippen LogP contribution in [0.15, 0.2) is 46.9 Å². The van der Waals surface area contributed by atoms with Crippen molar-refractivity contribution in [3.8, 4) is 0 Å². The Bertz CT molecular complexity index is 993. The molecule has 0 aliphatic rings. The van der Waals surface area contributed by atoms with Gasteiger partial charge in [-0.25, -0.2) is 13.6 Å². The van der Waals surface area contributed by atoms with Crippen LogP contribution in [0.25, 0.3) is 11.0 Å². The lowest BCUT2D eigenvalue weighted by Gasteiger charge is -2.05. The highest BCUT2D eigenvalue weighted by molar-refractivity contribution is 6.00. The number of hydrogen-bond acceptors (Lipinski definition) is 5. The number of halogens is 2. The number of carbonyl (C=O) groups excluding carboxylic acids is 2. The fraction of sp³-hybridized carbons (Fsp3) is 0.200. The molecule has 1 heterocycles. The SMILES string of the molecule is CCOCc1c(C(=O)OCC(=O)c2ccc(F)c(F)c2)oc2ccccc12. The zero-order chi connectivity index (χ0) is 19.4. The molecule has 0 atom stereocenters. The molecule has 27 heavy (non-hydrogen) atoms. The van der Waals surface area contributed by atoms with E-state index in [1.807, 2.05) is 6.92 Å². The van der Waals surface area contributed by atoms with Gasteiger partial charge < -0.3 is 13.9 Å². The Kier molecular flexibility index (Phi) is 5.61. The van der Waals surface area contributed by atoms with Gasteiger partial charge in [0, 0.05) is 23.1 Å². The lowest BCUT2D eigenvalue weighted by atomic mass is 10.1. The Balaban J connectivity index is 1.77. The number of hydrogen-bond donors (Lipinski definition) is 0. The number of carbonyl (C=O) groups is 2. The van der Waals surface area contributed by atoms with Crippen molar-refractivity contribution in [3.05, 3.63) is 71.0 Å².